The fraction of sp³-hybridized carbons (Fsp3) is 0.348. The lowest BCUT2D eigenvalue weighted by molar-refractivity contribution is 0.102. The van der Waals surface area contributed by atoms with Crippen LogP contribution in [0.25, 0.3) is 5.69 Å². The number of hydrogen-bond donors (Lipinski definition) is 1. The molecule has 0 bridgehead atoms. The smallest absolute Gasteiger partial charge is 0.227 e. The molecule has 0 aliphatic heterocycles. The molecule has 6 heteroatoms. The van der Waals surface area contributed by atoms with E-state index in [1.807, 2.05) is 37.3 Å². The molecule has 0 amide bonds. The molecule has 29 heavy (non-hydrogen) atoms. The summed E-state index contributed by atoms with van der Waals surface area (Å²) in [5.74, 6) is 0.203. The van der Waals surface area contributed by atoms with Crippen molar-refractivity contribution in [3.8, 4) is 17.3 Å². The van der Waals surface area contributed by atoms with E-state index in [0.29, 0.717) is 19.0 Å². The number of benzene rings is 2. The second-order valence-electron chi connectivity index (χ2n) is 7.52. The van der Waals surface area contributed by atoms with Gasteiger partial charge in [-0.05, 0) is 52.0 Å². The Hall–Kier alpha value is -2.70. The molecule has 1 N–H and O–H groups in total. The van der Waals surface area contributed by atoms with E-state index in [2.05, 4.69) is 23.8 Å². The number of halogens is 1. The van der Waals surface area contributed by atoms with Crippen LogP contribution in [0, 0.1) is 12.7 Å². The van der Waals surface area contributed by atoms with Crippen molar-refractivity contribution >= 4 is 0 Å². The van der Waals surface area contributed by atoms with Gasteiger partial charge in [0.05, 0.1) is 23.0 Å². The lowest BCUT2D eigenvalue weighted by Crippen LogP contribution is -2.36. The first kappa shape index (κ1) is 21.0. The molecule has 0 radical (unpaired) electrons. The van der Waals surface area contributed by atoms with Gasteiger partial charge in [0, 0.05) is 19.1 Å². The van der Waals surface area contributed by atoms with Crippen LogP contribution in [0.1, 0.15) is 32.0 Å². The van der Waals surface area contributed by atoms with E-state index in [4.69, 9.17) is 4.74 Å². The molecule has 0 saturated heterocycles. The number of ether oxygens (including phenoxy) is 1. The van der Waals surface area contributed by atoms with Gasteiger partial charge < -0.3 is 9.84 Å². The summed E-state index contributed by atoms with van der Waals surface area (Å²) in [7, 11) is 0. The number of nitrogens with zero attached hydrogens (tertiary/aromatic N) is 3. The SMILES string of the molecule is Cc1nn(-c2ccccc2)c(Oc2ccccc2F)c1CN(C[C@H](C)O)C(C)C. The summed E-state index contributed by atoms with van der Waals surface area (Å²) < 4.78 is 22.1. The predicted octanol–water partition coefficient (Wildman–Crippen LogP) is 4.70. The standard InChI is InChI=1S/C23H28FN3O2/c1-16(2)26(14-17(3)28)15-20-18(4)25-27(19-10-6-5-7-11-19)23(20)29-22-13-9-8-12-21(22)24/h5-13,16-17,28H,14-15H2,1-4H3/t17-/m0/s1. The molecule has 0 aliphatic rings. The quantitative estimate of drug-likeness (QED) is 0.598. The van der Waals surface area contributed by atoms with Crippen LogP contribution in [0.2, 0.25) is 0 Å². The number of rotatable bonds is 8. The van der Waals surface area contributed by atoms with E-state index in [1.54, 1.807) is 29.8 Å². The van der Waals surface area contributed by atoms with Gasteiger partial charge in [0.25, 0.3) is 0 Å². The lowest BCUT2D eigenvalue weighted by Gasteiger charge is -2.28. The third-order valence-electron chi connectivity index (χ3n) is 4.77. The molecule has 1 aromatic heterocycles. The molecule has 1 atom stereocenters. The van der Waals surface area contributed by atoms with Gasteiger partial charge in [-0.3, -0.25) is 4.90 Å². The third kappa shape index (κ3) is 5.02. The molecule has 1 heterocycles. The molecule has 0 fully saturated rings. The van der Waals surface area contributed by atoms with Crippen molar-refractivity contribution < 1.29 is 14.2 Å². The maximum absolute atomic E-state index is 14.3. The van der Waals surface area contributed by atoms with Crippen molar-refractivity contribution in [2.75, 3.05) is 6.54 Å². The Bertz CT molecular complexity index is 939. The average molecular weight is 397 g/mol. The predicted molar refractivity (Wildman–Crippen MR) is 112 cm³/mol. The number of aliphatic hydroxyl groups is 1. The fourth-order valence-electron chi connectivity index (χ4n) is 3.20. The summed E-state index contributed by atoms with van der Waals surface area (Å²) in [4.78, 5) is 2.15. The van der Waals surface area contributed by atoms with Crippen LogP contribution < -0.4 is 4.74 Å². The number of para-hydroxylation sites is 2. The lowest BCUT2D eigenvalue weighted by atomic mass is 10.2. The second kappa shape index (κ2) is 9.20. The van der Waals surface area contributed by atoms with Crippen LogP contribution in [0.15, 0.2) is 54.6 Å². The number of aliphatic hydroxyl groups excluding tert-OH is 1. The minimum atomic E-state index is -0.460. The van der Waals surface area contributed by atoms with Crippen LogP contribution in [0.4, 0.5) is 4.39 Å². The summed E-state index contributed by atoms with van der Waals surface area (Å²) in [5, 5.41) is 14.6. The minimum Gasteiger partial charge on any atom is -0.435 e. The van der Waals surface area contributed by atoms with Crippen molar-refractivity contribution in [1.82, 2.24) is 14.7 Å². The van der Waals surface area contributed by atoms with Gasteiger partial charge in [-0.25, -0.2) is 9.07 Å². The number of hydrogen-bond acceptors (Lipinski definition) is 4. The summed E-state index contributed by atoms with van der Waals surface area (Å²) in [6.07, 6.45) is -0.460. The highest BCUT2D eigenvalue weighted by Crippen LogP contribution is 2.33. The zero-order valence-corrected chi connectivity index (χ0v) is 17.3. The molecule has 0 unspecified atom stereocenters. The van der Waals surface area contributed by atoms with Crippen LogP contribution in [-0.4, -0.2) is 38.5 Å². The topological polar surface area (TPSA) is 50.5 Å². The normalized spacial score (nSPS) is 12.6. The first-order chi connectivity index (χ1) is 13.9. The number of aromatic nitrogens is 2. The van der Waals surface area contributed by atoms with Gasteiger partial charge in [-0.15, -0.1) is 0 Å². The second-order valence-corrected chi connectivity index (χ2v) is 7.52. The van der Waals surface area contributed by atoms with Crippen molar-refractivity contribution in [3.63, 3.8) is 0 Å². The molecule has 3 rings (SSSR count). The Kier molecular flexibility index (Phi) is 6.67. The van der Waals surface area contributed by atoms with Crippen molar-refractivity contribution in [1.29, 1.82) is 0 Å². The average Bonchev–Trinajstić information content (AvgIpc) is 2.99. The first-order valence-electron chi connectivity index (χ1n) is 9.85. The molecule has 3 aromatic rings. The third-order valence-corrected chi connectivity index (χ3v) is 4.77. The summed E-state index contributed by atoms with van der Waals surface area (Å²) in [6, 6.07) is 16.2. The zero-order valence-electron chi connectivity index (χ0n) is 17.3. The van der Waals surface area contributed by atoms with E-state index in [9.17, 15) is 9.50 Å². The summed E-state index contributed by atoms with van der Waals surface area (Å²) in [6.45, 7) is 8.90. The molecule has 154 valence electrons. The fourth-order valence-corrected chi connectivity index (χ4v) is 3.20. The van der Waals surface area contributed by atoms with Crippen LogP contribution >= 0.6 is 0 Å². The monoisotopic (exact) mass is 397 g/mol. The molecule has 2 aromatic carbocycles. The molecular formula is C23H28FN3O2. The highest BCUT2D eigenvalue weighted by Gasteiger charge is 2.23. The number of aryl methyl sites for hydroxylation is 1. The molecule has 0 spiro atoms. The Morgan fingerprint density at radius 1 is 1.07 bits per heavy atom. The molecular weight excluding hydrogens is 369 g/mol. The van der Waals surface area contributed by atoms with E-state index in [-0.39, 0.29) is 11.8 Å². The largest absolute Gasteiger partial charge is 0.435 e. The van der Waals surface area contributed by atoms with Gasteiger partial charge in [-0.2, -0.15) is 5.10 Å². The van der Waals surface area contributed by atoms with Crippen LogP contribution in [0.3, 0.4) is 0 Å². The molecule has 5 nitrogen and oxygen atoms in total. The molecule has 0 saturated carbocycles. The highest BCUT2D eigenvalue weighted by atomic mass is 19.1. The minimum absolute atomic E-state index is 0.150. The van der Waals surface area contributed by atoms with Crippen LogP contribution in [0.5, 0.6) is 11.6 Å². The van der Waals surface area contributed by atoms with Crippen molar-refractivity contribution in [2.45, 2.75) is 46.4 Å². The Morgan fingerprint density at radius 3 is 2.34 bits per heavy atom. The van der Waals surface area contributed by atoms with Gasteiger partial charge in [-0.1, -0.05) is 30.3 Å². The highest BCUT2D eigenvalue weighted by molar-refractivity contribution is 5.43. The van der Waals surface area contributed by atoms with E-state index < -0.39 is 11.9 Å². The summed E-state index contributed by atoms with van der Waals surface area (Å²) in [5.41, 5.74) is 2.50. The molecule has 0 aliphatic carbocycles. The maximum Gasteiger partial charge on any atom is 0.227 e. The Morgan fingerprint density at radius 2 is 1.72 bits per heavy atom. The maximum atomic E-state index is 14.3. The van der Waals surface area contributed by atoms with Crippen molar-refractivity contribution in [3.05, 3.63) is 71.7 Å². The van der Waals surface area contributed by atoms with Crippen LogP contribution in [-0.2, 0) is 6.54 Å². The first-order valence-corrected chi connectivity index (χ1v) is 9.85. The van der Waals surface area contributed by atoms with Gasteiger partial charge in [0.1, 0.15) is 0 Å². The van der Waals surface area contributed by atoms with Crippen molar-refractivity contribution in [2.24, 2.45) is 0 Å². The summed E-state index contributed by atoms with van der Waals surface area (Å²) >= 11 is 0. The van der Waals surface area contributed by atoms with E-state index >= 15 is 0 Å². The van der Waals surface area contributed by atoms with Gasteiger partial charge in [0.15, 0.2) is 11.6 Å². The Balaban J connectivity index is 2.07. The van der Waals surface area contributed by atoms with Gasteiger partial charge in [0.2, 0.25) is 5.88 Å². The van der Waals surface area contributed by atoms with E-state index in [1.165, 1.54) is 6.07 Å². The Labute approximate surface area is 171 Å². The van der Waals surface area contributed by atoms with E-state index in [0.717, 1.165) is 16.9 Å². The zero-order chi connectivity index (χ0) is 21.0. The van der Waals surface area contributed by atoms with Gasteiger partial charge >= 0.3 is 0 Å².